The molecule has 0 amide bonds. The molecule has 4 aromatic heterocycles. The Bertz CT molecular complexity index is 4140. The third kappa shape index (κ3) is 5.15. The first-order chi connectivity index (χ1) is 32.5. The molecular weight excluding hydrogens is 807 g/mol. The minimum Gasteiger partial charge on any atom is -0.456 e. The minimum atomic E-state index is -0.179. The molecule has 0 N–H and O–H groups in total. The Morgan fingerprint density at radius 1 is 0.409 bits per heavy atom. The molecule has 0 spiro atoms. The third-order valence-corrected chi connectivity index (χ3v) is 14.0. The van der Waals surface area contributed by atoms with Gasteiger partial charge in [-0.2, -0.15) is 9.97 Å². The van der Waals surface area contributed by atoms with Crippen molar-refractivity contribution >= 4 is 65.6 Å². The first-order valence-corrected chi connectivity index (χ1v) is 22.5. The van der Waals surface area contributed by atoms with Crippen LogP contribution in [0.1, 0.15) is 25.0 Å². The SMILES string of the molecule is CC1(C)c2ccccc2-c2c(-c3nc(-c4ccccc4)nc(-n4c5ccccc5c5ccc6c7ccccc7n(-c7ccc8c(c7)oc7cccc(-c9ccccc9)c78)c6c54)n3)cccc21. The highest BCUT2D eigenvalue weighted by molar-refractivity contribution is 6.24. The maximum atomic E-state index is 6.74. The molecule has 0 bridgehead atoms. The van der Waals surface area contributed by atoms with Gasteiger partial charge in [-0.25, -0.2) is 4.98 Å². The number of para-hydroxylation sites is 2. The van der Waals surface area contributed by atoms with Crippen LogP contribution in [0.5, 0.6) is 0 Å². The largest absolute Gasteiger partial charge is 0.456 e. The van der Waals surface area contributed by atoms with Gasteiger partial charge in [-0.3, -0.25) is 4.57 Å². The van der Waals surface area contributed by atoms with Gasteiger partial charge in [0.1, 0.15) is 11.2 Å². The van der Waals surface area contributed by atoms with E-state index in [-0.39, 0.29) is 5.41 Å². The highest BCUT2D eigenvalue weighted by Gasteiger charge is 2.37. The van der Waals surface area contributed by atoms with E-state index >= 15 is 0 Å². The van der Waals surface area contributed by atoms with E-state index in [1.165, 1.54) is 22.3 Å². The lowest BCUT2D eigenvalue weighted by Gasteiger charge is -2.21. The second-order valence-corrected chi connectivity index (χ2v) is 17.9. The zero-order valence-electron chi connectivity index (χ0n) is 36.2. The Morgan fingerprint density at radius 3 is 1.76 bits per heavy atom. The molecule has 1 aliphatic carbocycles. The van der Waals surface area contributed by atoms with Crippen LogP contribution in [0.4, 0.5) is 0 Å². The van der Waals surface area contributed by atoms with Crippen molar-refractivity contribution in [2.75, 3.05) is 0 Å². The van der Waals surface area contributed by atoms with E-state index < -0.39 is 0 Å². The predicted octanol–water partition coefficient (Wildman–Crippen LogP) is 15.3. The smallest absolute Gasteiger partial charge is 0.238 e. The van der Waals surface area contributed by atoms with Crippen molar-refractivity contribution in [3.05, 3.63) is 211 Å². The van der Waals surface area contributed by atoms with Crippen LogP contribution in [-0.2, 0) is 5.41 Å². The molecule has 0 radical (unpaired) electrons. The third-order valence-electron chi connectivity index (χ3n) is 14.0. The van der Waals surface area contributed by atoms with E-state index in [2.05, 4.69) is 205 Å². The average molecular weight is 846 g/mol. The van der Waals surface area contributed by atoms with Crippen molar-refractivity contribution in [2.24, 2.45) is 0 Å². The molecule has 0 saturated heterocycles. The molecule has 0 saturated carbocycles. The lowest BCUT2D eigenvalue weighted by atomic mass is 9.82. The fraction of sp³-hybridized carbons (Fsp3) is 0.0500. The number of nitrogens with zero attached hydrogens (tertiary/aromatic N) is 5. The number of hydrogen-bond acceptors (Lipinski definition) is 4. The Labute approximate surface area is 379 Å². The Kier molecular flexibility index (Phi) is 7.64. The molecule has 0 aliphatic heterocycles. The molecule has 4 heterocycles. The predicted molar refractivity (Wildman–Crippen MR) is 270 cm³/mol. The van der Waals surface area contributed by atoms with Crippen LogP contribution in [0.25, 0.3) is 122 Å². The lowest BCUT2D eigenvalue weighted by Crippen LogP contribution is -2.14. The van der Waals surface area contributed by atoms with Gasteiger partial charge in [-0.1, -0.05) is 178 Å². The molecule has 1 aliphatic rings. The zero-order chi connectivity index (χ0) is 43.7. The van der Waals surface area contributed by atoms with Crippen LogP contribution in [0.3, 0.4) is 0 Å². The summed E-state index contributed by atoms with van der Waals surface area (Å²) >= 11 is 0. The maximum Gasteiger partial charge on any atom is 0.238 e. The van der Waals surface area contributed by atoms with E-state index in [1.807, 2.05) is 18.2 Å². The number of fused-ring (bicyclic) bond motifs is 13. The van der Waals surface area contributed by atoms with Gasteiger partial charge in [0.15, 0.2) is 11.6 Å². The first kappa shape index (κ1) is 36.8. The van der Waals surface area contributed by atoms with Gasteiger partial charge in [0, 0.05) is 54.9 Å². The minimum absolute atomic E-state index is 0.179. The van der Waals surface area contributed by atoms with Crippen molar-refractivity contribution in [2.45, 2.75) is 19.3 Å². The van der Waals surface area contributed by atoms with Crippen LogP contribution in [0.2, 0.25) is 0 Å². The van der Waals surface area contributed by atoms with E-state index in [4.69, 9.17) is 19.4 Å². The van der Waals surface area contributed by atoms with Crippen molar-refractivity contribution in [1.29, 1.82) is 0 Å². The maximum absolute atomic E-state index is 6.74. The van der Waals surface area contributed by atoms with Gasteiger partial charge in [0.05, 0.1) is 27.8 Å². The van der Waals surface area contributed by atoms with Crippen LogP contribution < -0.4 is 0 Å². The molecular formula is C60H39N5O. The summed E-state index contributed by atoms with van der Waals surface area (Å²) in [5.74, 6) is 1.80. The molecule has 14 rings (SSSR count). The highest BCUT2D eigenvalue weighted by Crippen LogP contribution is 2.52. The van der Waals surface area contributed by atoms with Gasteiger partial charge in [0.25, 0.3) is 0 Å². The summed E-state index contributed by atoms with van der Waals surface area (Å²) in [6, 6.07) is 71.0. The van der Waals surface area contributed by atoms with Crippen molar-refractivity contribution < 1.29 is 4.42 Å². The molecule has 0 atom stereocenters. The van der Waals surface area contributed by atoms with Gasteiger partial charge in [-0.15, -0.1) is 0 Å². The van der Waals surface area contributed by atoms with E-state index in [1.54, 1.807) is 0 Å². The molecule has 0 fully saturated rings. The summed E-state index contributed by atoms with van der Waals surface area (Å²) in [7, 11) is 0. The van der Waals surface area contributed by atoms with Crippen LogP contribution in [0, 0.1) is 0 Å². The fourth-order valence-corrected chi connectivity index (χ4v) is 11.0. The number of furan rings is 1. The summed E-state index contributed by atoms with van der Waals surface area (Å²) in [6.45, 7) is 4.62. The Hall–Kier alpha value is -8.61. The highest BCUT2D eigenvalue weighted by atomic mass is 16.3. The second-order valence-electron chi connectivity index (χ2n) is 17.9. The summed E-state index contributed by atoms with van der Waals surface area (Å²) in [6.07, 6.45) is 0. The normalized spacial score (nSPS) is 13.1. The molecule has 0 unspecified atom stereocenters. The van der Waals surface area contributed by atoms with Gasteiger partial charge < -0.3 is 8.98 Å². The molecule has 6 nitrogen and oxygen atoms in total. The summed E-state index contributed by atoms with van der Waals surface area (Å²) in [4.78, 5) is 16.3. The second kappa shape index (κ2) is 13.7. The van der Waals surface area contributed by atoms with Crippen molar-refractivity contribution in [3.63, 3.8) is 0 Å². The monoisotopic (exact) mass is 845 g/mol. The van der Waals surface area contributed by atoms with E-state index in [0.29, 0.717) is 17.6 Å². The fourth-order valence-electron chi connectivity index (χ4n) is 11.0. The van der Waals surface area contributed by atoms with Crippen LogP contribution >= 0.6 is 0 Å². The summed E-state index contributed by atoms with van der Waals surface area (Å²) < 4.78 is 11.4. The average Bonchev–Trinajstić information content (AvgIpc) is 4.09. The van der Waals surface area contributed by atoms with Gasteiger partial charge in [0.2, 0.25) is 5.95 Å². The number of rotatable bonds is 5. The van der Waals surface area contributed by atoms with Crippen LogP contribution in [0.15, 0.2) is 205 Å². The van der Waals surface area contributed by atoms with Crippen molar-refractivity contribution in [1.82, 2.24) is 24.1 Å². The Morgan fingerprint density at radius 2 is 0.985 bits per heavy atom. The number of hydrogen-bond donors (Lipinski definition) is 0. The van der Waals surface area contributed by atoms with Crippen molar-refractivity contribution in [3.8, 4) is 56.7 Å². The molecule has 66 heavy (non-hydrogen) atoms. The number of benzene rings is 9. The zero-order valence-corrected chi connectivity index (χ0v) is 36.2. The number of aromatic nitrogens is 5. The Balaban J connectivity index is 1.08. The standard InChI is InChI=1S/C60H39N5O/c1-60(2)47-26-12-9-23-44(47)53-46(25-15-27-48(53)60)58-61-57(37-19-7-4-8-20-37)62-59(63-58)65-50-29-14-11-22-41(50)43-34-33-42-40-21-10-13-28-49(40)64(55(42)56(43)65)38-31-32-45-52(35-38)66-51-30-16-24-39(54(45)51)36-17-5-3-6-18-36/h3-35H,1-2H3. The quantitative estimate of drug-likeness (QED) is 0.173. The van der Waals surface area contributed by atoms with Gasteiger partial charge >= 0.3 is 0 Å². The molecule has 13 aromatic rings. The molecule has 9 aromatic carbocycles. The van der Waals surface area contributed by atoms with Crippen LogP contribution in [-0.4, -0.2) is 24.1 Å². The lowest BCUT2D eigenvalue weighted by molar-refractivity contribution is 0.660. The topological polar surface area (TPSA) is 61.7 Å². The summed E-state index contributed by atoms with van der Waals surface area (Å²) in [5.41, 5.74) is 15.9. The molecule has 310 valence electrons. The first-order valence-electron chi connectivity index (χ1n) is 22.5. The van der Waals surface area contributed by atoms with Gasteiger partial charge in [-0.05, 0) is 63.7 Å². The van der Waals surface area contributed by atoms with E-state index in [9.17, 15) is 0 Å². The molecule has 6 heteroatoms. The van der Waals surface area contributed by atoms with E-state index in [0.717, 1.165) is 93.5 Å². The summed E-state index contributed by atoms with van der Waals surface area (Å²) in [5, 5.41) is 6.72.